The first-order valence-electron chi connectivity index (χ1n) is 4.84. The van der Waals surface area contributed by atoms with Crippen molar-refractivity contribution in [2.75, 3.05) is 6.66 Å². The fourth-order valence-corrected chi connectivity index (χ4v) is 1.65. The predicted octanol–water partition coefficient (Wildman–Crippen LogP) is 2.60. The summed E-state index contributed by atoms with van der Waals surface area (Å²) in [5.41, 5.74) is 2.29. The molecule has 1 N–H and O–H groups in total. The lowest BCUT2D eigenvalue weighted by atomic mass is 10.1. The molecule has 1 unspecified atom stereocenters. The van der Waals surface area contributed by atoms with Crippen molar-refractivity contribution in [2.24, 2.45) is 0 Å². The van der Waals surface area contributed by atoms with E-state index in [1.165, 1.54) is 17.8 Å². The van der Waals surface area contributed by atoms with Crippen molar-refractivity contribution in [3.63, 3.8) is 0 Å². The van der Waals surface area contributed by atoms with E-state index in [4.69, 9.17) is 0 Å². The molecule has 0 heterocycles. The Morgan fingerprint density at radius 3 is 2.47 bits per heavy atom. The van der Waals surface area contributed by atoms with Gasteiger partial charge in [0.15, 0.2) is 0 Å². The van der Waals surface area contributed by atoms with Gasteiger partial charge >= 0.3 is 0 Å². The lowest BCUT2D eigenvalue weighted by molar-refractivity contribution is -0.119. The Labute approximate surface area is 92.6 Å². The number of carbonyl (C=O) groups is 1. The summed E-state index contributed by atoms with van der Waals surface area (Å²) in [5, 5.41) is 3.93. The van der Waals surface area contributed by atoms with Crippen molar-refractivity contribution < 1.29 is 4.79 Å². The highest BCUT2D eigenvalue weighted by atomic mass is 31.1. The Bertz CT molecular complexity index is 356. The number of hydrogen-bond acceptors (Lipinski definition) is 1. The van der Waals surface area contributed by atoms with Gasteiger partial charge in [0.05, 0.1) is 0 Å². The monoisotopic (exact) mass is 221 g/mol. The van der Waals surface area contributed by atoms with E-state index in [-0.39, 0.29) is 5.91 Å². The third-order valence-electron chi connectivity index (χ3n) is 2.15. The Kier molecular flexibility index (Phi) is 4.51. The van der Waals surface area contributed by atoms with Crippen LogP contribution < -0.4 is 5.32 Å². The van der Waals surface area contributed by atoms with E-state index in [0.717, 1.165) is 14.1 Å². The van der Waals surface area contributed by atoms with E-state index in [2.05, 4.69) is 30.7 Å². The lowest BCUT2D eigenvalue weighted by Gasteiger charge is -2.05. The van der Waals surface area contributed by atoms with E-state index >= 15 is 0 Å². The van der Waals surface area contributed by atoms with Gasteiger partial charge in [0.25, 0.3) is 0 Å². The number of nitrogens with one attached hydrogen (secondary N) is 1. The molecule has 1 amide bonds. The Morgan fingerprint density at radius 1 is 1.40 bits per heavy atom. The molecular weight excluding hydrogens is 205 g/mol. The minimum atomic E-state index is -0.00136. The van der Waals surface area contributed by atoms with Gasteiger partial charge in [0.1, 0.15) is 0 Å². The van der Waals surface area contributed by atoms with Crippen LogP contribution in [-0.2, 0) is 11.3 Å². The SMILES string of the molecule is C=C(PC)c1ccc(CNC(C)=O)cc1. The highest BCUT2D eigenvalue weighted by molar-refractivity contribution is 7.49. The molecule has 0 bridgehead atoms. The molecule has 0 radical (unpaired) electrons. The predicted molar refractivity (Wildman–Crippen MR) is 67.2 cm³/mol. The smallest absolute Gasteiger partial charge is 0.217 e. The van der Waals surface area contributed by atoms with Crippen LogP contribution >= 0.6 is 8.58 Å². The molecule has 0 spiro atoms. The van der Waals surface area contributed by atoms with Crippen LogP contribution in [0, 0.1) is 0 Å². The van der Waals surface area contributed by atoms with Crippen LogP contribution in [0.3, 0.4) is 0 Å². The fourth-order valence-electron chi connectivity index (χ4n) is 1.19. The van der Waals surface area contributed by atoms with Crippen molar-refractivity contribution >= 4 is 19.8 Å². The summed E-state index contributed by atoms with van der Waals surface area (Å²) in [7, 11) is 0.739. The molecule has 0 saturated heterocycles. The van der Waals surface area contributed by atoms with Gasteiger partial charge < -0.3 is 5.32 Å². The molecule has 2 nitrogen and oxygen atoms in total. The number of benzene rings is 1. The molecular formula is C12H16NOP. The summed E-state index contributed by atoms with van der Waals surface area (Å²) in [6.45, 7) is 8.22. The third kappa shape index (κ3) is 3.85. The van der Waals surface area contributed by atoms with Crippen molar-refractivity contribution in [1.82, 2.24) is 5.32 Å². The third-order valence-corrected chi connectivity index (χ3v) is 3.04. The first-order valence-corrected chi connectivity index (χ1v) is 6.34. The van der Waals surface area contributed by atoms with Crippen LogP contribution in [0.15, 0.2) is 30.8 Å². The maximum atomic E-state index is 10.7. The average Bonchev–Trinajstić information content (AvgIpc) is 2.26. The zero-order valence-corrected chi connectivity index (χ0v) is 10.1. The van der Waals surface area contributed by atoms with Gasteiger partial charge in [-0.25, -0.2) is 0 Å². The topological polar surface area (TPSA) is 29.1 Å². The maximum absolute atomic E-state index is 10.7. The molecule has 0 aliphatic heterocycles. The van der Waals surface area contributed by atoms with Crippen molar-refractivity contribution in [3.8, 4) is 0 Å². The second-order valence-electron chi connectivity index (χ2n) is 3.34. The Hall–Kier alpha value is -1.14. The van der Waals surface area contributed by atoms with Crippen LogP contribution in [0.4, 0.5) is 0 Å². The lowest BCUT2D eigenvalue weighted by Crippen LogP contribution is -2.18. The van der Waals surface area contributed by atoms with Crippen molar-refractivity contribution in [3.05, 3.63) is 42.0 Å². The molecule has 0 saturated carbocycles. The Balaban J connectivity index is 2.64. The average molecular weight is 221 g/mol. The number of hydrogen-bond donors (Lipinski definition) is 1. The van der Waals surface area contributed by atoms with E-state index in [9.17, 15) is 4.79 Å². The Morgan fingerprint density at radius 2 is 2.00 bits per heavy atom. The molecule has 1 atom stereocenters. The molecule has 1 rings (SSSR count). The number of amides is 1. The van der Waals surface area contributed by atoms with Gasteiger partial charge in [0, 0.05) is 13.5 Å². The molecule has 3 heteroatoms. The second kappa shape index (κ2) is 5.67. The highest BCUT2D eigenvalue weighted by Gasteiger charge is 1.97. The zero-order valence-electron chi connectivity index (χ0n) is 9.13. The zero-order chi connectivity index (χ0) is 11.3. The number of rotatable bonds is 4. The molecule has 15 heavy (non-hydrogen) atoms. The molecule has 1 aromatic rings. The van der Waals surface area contributed by atoms with Crippen molar-refractivity contribution in [2.45, 2.75) is 13.5 Å². The minimum absolute atomic E-state index is 0.00136. The fraction of sp³-hybridized carbons (Fsp3) is 0.250. The van der Waals surface area contributed by atoms with E-state index in [1.54, 1.807) is 0 Å². The van der Waals surface area contributed by atoms with Crippen LogP contribution in [0.1, 0.15) is 18.1 Å². The first-order chi connectivity index (χ1) is 7.13. The van der Waals surface area contributed by atoms with Gasteiger partial charge in [-0.3, -0.25) is 4.79 Å². The largest absolute Gasteiger partial charge is 0.352 e. The summed E-state index contributed by atoms with van der Waals surface area (Å²) in [6.07, 6.45) is 0. The second-order valence-corrected chi connectivity index (χ2v) is 4.44. The van der Waals surface area contributed by atoms with E-state index in [0.29, 0.717) is 6.54 Å². The van der Waals surface area contributed by atoms with E-state index in [1.807, 2.05) is 12.1 Å². The molecule has 80 valence electrons. The molecule has 0 aliphatic carbocycles. The quantitative estimate of drug-likeness (QED) is 0.778. The van der Waals surface area contributed by atoms with Gasteiger partial charge in [0.2, 0.25) is 5.91 Å². The van der Waals surface area contributed by atoms with Gasteiger partial charge in [-0.2, -0.15) is 0 Å². The van der Waals surface area contributed by atoms with Crippen molar-refractivity contribution in [1.29, 1.82) is 0 Å². The van der Waals surface area contributed by atoms with Crippen LogP contribution in [0.2, 0.25) is 0 Å². The molecule has 0 aliphatic rings. The summed E-state index contributed by atoms with van der Waals surface area (Å²) in [6, 6.07) is 8.15. The van der Waals surface area contributed by atoms with Crippen LogP contribution in [0.5, 0.6) is 0 Å². The first kappa shape index (κ1) is 11.9. The van der Waals surface area contributed by atoms with Crippen LogP contribution in [-0.4, -0.2) is 12.6 Å². The normalized spacial score (nSPS) is 10.5. The van der Waals surface area contributed by atoms with Gasteiger partial charge in [-0.05, 0) is 23.1 Å². The maximum Gasteiger partial charge on any atom is 0.217 e. The van der Waals surface area contributed by atoms with Crippen LogP contribution in [0.25, 0.3) is 5.31 Å². The van der Waals surface area contributed by atoms with Gasteiger partial charge in [-0.1, -0.05) is 39.4 Å². The molecule has 0 aromatic heterocycles. The summed E-state index contributed by atoms with van der Waals surface area (Å²) in [5.74, 6) is -0.00136. The summed E-state index contributed by atoms with van der Waals surface area (Å²) in [4.78, 5) is 10.7. The minimum Gasteiger partial charge on any atom is -0.352 e. The summed E-state index contributed by atoms with van der Waals surface area (Å²) < 4.78 is 0. The highest BCUT2D eigenvalue weighted by Crippen LogP contribution is 2.27. The summed E-state index contributed by atoms with van der Waals surface area (Å²) >= 11 is 0. The number of carbonyl (C=O) groups excluding carboxylic acids is 1. The van der Waals surface area contributed by atoms with Gasteiger partial charge in [-0.15, -0.1) is 0 Å². The molecule has 1 aromatic carbocycles. The molecule has 0 fully saturated rings. The standard InChI is InChI=1S/C12H16NOP/c1-9(15-3)12-6-4-11(5-7-12)8-13-10(2)14/h4-7,15H,1,8H2,2-3H3,(H,13,14). The van der Waals surface area contributed by atoms with E-state index < -0.39 is 0 Å².